The maximum atomic E-state index is 13.1. The Bertz CT molecular complexity index is 709. The predicted molar refractivity (Wildman–Crippen MR) is 89.9 cm³/mol. The molecular formula is C17H24N2O3S. The molecule has 0 unspecified atom stereocenters. The van der Waals surface area contributed by atoms with Crippen LogP contribution in [-0.2, 0) is 14.8 Å². The van der Waals surface area contributed by atoms with Gasteiger partial charge in [-0.25, -0.2) is 8.42 Å². The predicted octanol–water partition coefficient (Wildman–Crippen LogP) is 3.09. The zero-order valence-electron chi connectivity index (χ0n) is 13.7. The molecule has 5 nitrogen and oxygen atoms in total. The molecule has 1 saturated carbocycles. The molecule has 2 aliphatic rings. The highest BCUT2D eigenvalue weighted by Crippen LogP contribution is 2.35. The van der Waals surface area contributed by atoms with E-state index in [1.165, 1.54) is 6.42 Å². The van der Waals surface area contributed by atoms with Crippen LogP contribution in [-0.4, -0.2) is 31.2 Å². The minimum Gasteiger partial charge on any atom is -0.325 e. The minimum atomic E-state index is -3.52. The van der Waals surface area contributed by atoms with Gasteiger partial charge in [-0.2, -0.15) is 4.31 Å². The van der Waals surface area contributed by atoms with Gasteiger partial charge in [-0.05, 0) is 43.5 Å². The summed E-state index contributed by atoms with van der Waals surface area (Å²) in [6.45, 7) is 4.18. The van der Waals surface area contributed by atoms with Crippen molar-refractivity contribution < 1.29 is 13.2 Å². The van der Waals surface area contributed by atoms with Gasteiger partial charge in [0.25, 0.3) is 0 Å². The average molecular weight is 336 g/mol. The van der Waals surface area contributed by atoms with E-state index in [1.54, 1.807) is 29.4 Å². The molecule has 1 aromatic carbocycles. The summed E-state index contributed by atoms with van der Waals surface area (Å²) < 4.78 is 27.8. The van der Waals surface area contributed by atoms with Gasteiger partial charge in [0.2, 0.25) is 15.9 Å². The van der Waals surface area contributed by atoms with E-state index in [1.807, 2.05) is 6.92 Å². The number of anilines is 1. The van der Waals surface area contributed by atoms with Crippen LogP contribution in [0.5, 0.6) is 0 Å². The number of benzene rings is 1. The number of rotatable bonds is 4. The van der Waals surface area contributed by atoms with Gasteiger partial charge >= 0.3 is 0 Å². The summed E-state index contributed by atoms with van der Waals surface area (Å²) in [4.78, 5) is 12.1. The lowest BCUT2D eigenvalue weighted by atomic mass is 9.95. The van der Waals surface area contributed by atoms with Gasteiger partial charge in [-0.3, -0.25) is 4.79 Å². The third-order valence-electron chi connectivity index (χ3n) is 5.04. The average Bonchev–Trinajstić information content (AvgIpc) is 2.83. The fourth-order valence-electron chi connectivity index (χ4n) is 3.68. The molecule has 1 N–H and O–H groups in total. The summed E-state index contributed by atoms with van der Waals surface area (Å²) in [5, 5.41) is 2.79. The van der Waals surface area contributed by atoms with Crippen molar-refractivity contribution in [2.45, 2.75) is 62.8 Å². The van der Waals surface area contributed by atoms with E-state index >= 15 is 0 Å². The molecule has 0 saturated heterocycles. The Balaban J connectivity index is 1.94. The molecule has 0 radical (unpaired) electrons. The first-order chi connectivity index (χ1) is 10.9. The molecule has 1 atom stereocenters. The molecule has 1 aliphatic heterocycles. The summed E-state index contributed by atoms with van der Waals surface area (Å²) in [7, 11) is -3.52. The number of sulfonamides is 1. The van der Waals surface area contributed by atoms with Crippen LogP contribution in [0.3, 0.4) is 0 Å². The van der Waals surface area contributed by atoms with Crippen molar-refractivity contribution in [3.8, 4) is 0 Å². The van der Waals surface area contributed by atoms with Gasteiger partial charge in [0.1, 0.15) is 0 Å². The normalized spacial score (nSPS) is 22.2. The van der Waals surface area contributed by atoms with E-state index < -0.39 is 10.0 Å². The zero-order valence-corrected chi connectivity index (χ0v) is 14.5. The Hall–Kier alpha value is -1.40. The van der Waals surface area contributed by atoms with Crippen LogP contribution >= 0.6 is 0 Å². The van der Waals surface area contributed by atoms with Crippen molar-refractivity contribution >= 4 is 21.6 Å². The van der Waals surface area contributed by atoms with Gasteiger partial charge in [0, 0.05) is 18.3 Å². The van der Waals surface area contributed by atoms with Crippen LogP contribution in [0.1, 0.15) is 57.4 Å². The number of amides is 1. The van der Waals surface area contributed by atoms with E-state index in [0.29, 0.717) is 11.4 Å². The molecule has 1 aromatic rings. The fraction of sp³-hybridized carbons (Fsp3) is 0.588. The summed E-state index contributed by atoms with van der Waals surface area (Å²) in [5.74, 6) is -0.376. The lowest BCUT2D eigenvalue weighted by Gasteiger charge is -2.32. The SMILES string of the molecule is CCN(C1CCCCC1)S(=O)(=O)c1ccc2c(c1)[C@H](C)C(=O)N2. The zero-order chi connectivity index (χ0) is 16.6. The molecule has 23 heavy (non-hydrogen) atoms. The van der Waals surface area contributed by atoms with E-state index in [0.717, 1.165) is 36.9 Å². The second kappa shape index (κ2) is 6.24. The van der Waals surface area contributed by atoms with E-state index in [2.05, 4.69) is 5.32 Å². The molecule has 0 bridgehead atoms. The standard InChI is InChI=1S/C17H24N2O3S/c1-3-19(13-7-5-4-6-8-13)23(21,22)14-9-10-16-15(11-14)12(2)17(20)18-16/h9-13H,3-8H2,1-2H3,(H,18,20)/t12-/m0/s1. The number of fused-ring (bicyclic) bond motifs is 1. The van der Waals surface area contributed by atoms with Crippen LogP contribution in [0.4, 0.5) is 5.69 Å². The number of hydrogen-bond donors (Lipinski definition) is 1. The number of hydrogen-bond acceptors (Lipinski definition) is 3. The third-order valence-corrected chi connectivity index (χ3v) is 7.06. The summed E-state index contributed by atoms with van der Waals surface area (Å²) >= 11 is 0. The van der Waals surface area contributed by atoms with Crippen molar-refractivity contribution in [2.24, 2.45) is 0 Å². The molecule has 0 aromatic heterocycles. The molecular weight excluding hydrogens is 312 g/mol. The summed E-state index contributed by atoms with van der Waals surface area (Å²) in [6, 6.07) is 5.08. The minimum absolute atomic E-state index is 0.0748. The van der Waals surface area contributed by atoms with Gasteiger partial charge < -0.3 is 5.32 Å². The van der Waals surface area contributed by atoms with Gasteiger partial charge in [0.05, 0.1) is 10.8 Å². The molecule has 1 fully saturated rings. The smallest absolute Gasteiger partial charge is 0.243 e. The molecule has 0 spiro atoms. The van der Waals surface area contributed by atoms with Crippen molar-refractivity contribution in [3.63, 3.8) is 0 Å². The van der Waals surface area contributed by atoms with Gasteiger partial charge in [-0.1, -0.05) is 26.2 Å². The number of nitrogens with zero attached hydrogens (tertiary/aromatic N) is 1. The molecule has 3 rings (SSSR count). The Labute approximate surface area is 138 Å². The van der Waals surface area contributed by atoms with Crippen LogP contribution in [0.2, 0.25) is 0 Å². The largest absolute Gasteiger partial charge is 0.325 e. The lowest BCUT2D eigenvalue weighted by Crippen LogP contribution is -2.41. The number of carbonyl (C=O) groups is 1. The Kier molecular flexibility index (Phi) is 4.47. The molecule has 1 amide bonds. The maximum absolute atomic E-state index is 13.1. The Morgan fingerprint density at radius 1 is 1.22 bits per heavy atom. The van der Waals surface area contributed by atoms with Gasteiger partial charge in [-0.15, -0.1) is 0 Å². The molecule has 126 valence electrons. The van der Waals surface area contributed by atoms with Crippen LogP contribution in [0, 0.1) is 0 Å². The molecule has 1 heterocycles. The topological polar surface area (TPSA) is 66.5 Å². The van der Waals surface area contributed by atoms with E-state index in [4.69, 9.17) is 0 Å². The first kappa shape index (κ1) is 16.5. The summed E-state index contributed by atoms with van der Waals surface area (Å²) in [5.41, 5.74) is 1.50. The quantitative estimate of drug-likeness (QED) is 0.919. The number of nitrogens with one attached hydrogen (secondary N) is 1. The van der Waals surface area contributed by atoms with Crippen molar-refractivity contribution in [1.82, 2.24) is 4.31 Å². The third kappa shape index (κ3) is 2.90. The molecule has 6 heteroatoms. The lowest BCUT2D eigenvalue weighted by molar-refractivity contribution is -0.116. The van der Waals surface area contributed by atoms with Gasteiger partial charge in [0.15, 0.2) is 0 Å². The van der Waals surface area contributed by atoms with Crippen molar-refractivity contribution in [1.29, 1.82) is 0 Å². The first-order valence-electron chi connectivity index (χ1n) is 8.41. The van der Waals surface area contributed by atoms with Crippen molar-refractivity contribution in [3.05, 3.63) is 23.8 Å². The second-order valence-corrected chi connectivity index (χ2v) is 8.35. The number of carbonyl (C=O) groups excluding carboxylic acids is 1. The Morgan fingerprint density at radius 3 is 2.57 bits per heavy atom. The highest BCUT2D eigenvalue weighted by atomic mass is 32.2. The monoisotopic (exact) mass is 336 g/mol. The Morgan fingerprint density at radius 2 is 1.91 bits per heavy atom. The summed E-state index contributed by atoms with van der Waals surface area (Å²) in [6.07, 6.45) is 5.26. The van der Waals surface area contributed by atoms with Crippen LogP contribution in [0.15, 0.2) is 23.1 Å². The second-order valence-electron chi connectivity index (χ2n) is 6.46. The fourth-order valence-corrected chi connectivity index (χ4v) is 5.41. The highest BCUT2D eigenvalue weighted by Gasteiger charge is 2.33. The first-order valence-corrected chi connectivity index (χ1v) is 9.85. The maximum Gasteiger partial charge on any atom is 0.243 e. The van der Waals surface area contributed by atoms with E-state index in [9.17, 15) is 13.2 Å². The van der Waals surface area contributed by atoms with Crippen LogP contribution < -0.4 is 5.32 Å². The highest BCUT2D eigenvalue weighted by molar-refractivity contribution is 7.89. The van der Waals surface area contributed by atoms with E-state index in [-0.39, 0.29) is 17.9 Å². The van der Waals surface area contributed by atoms with Crippen LogP contribution in [0.25, 0.3) is 0 Å². The molecule has 1 aliphatic carbocycles. The van der Waals surface area contributed by atoms with Crippen molar-refractivity contribution in [2.75, 3.05) is 11.9 Å².